The predicted octanol–water partition coefficient (Wildman–Crippen LogP) is 1.56. The van der Waals surface area contributed by atoms with Gasteiger partial charge in [0, 0.05) is 0 Å². The summed E-state index contributed by atoms with van der Waals surface area (Å²) >= 11 is 3.06. The van der Waals surface area contributed by atoms with E-state index in [1.165, 1.54) is 18.2 Å². The third-order valence-corrected chi connectivity index (χ3v) is 2.80. The van der Waals surface area contributed by atoms with Crippen molar-refractivity contribution in [1.29, 1.82) is 0 Å². The summed E-state index contributed by atoms with van der Waals surface area (Å²) < 4.78 is 5.42. The second-order valence-corrected chi connectivity index (χ2v) is 4.60. The summed E-state index contributed by atoms with van der Waals surface area (Å²) in [5, 5.41) is 13.3. The highest BCUT2D eigenvalue weighted by atomic mass is 79.9. The molecule has 0 saturated heterocycles. The van der Waals surface area contributed by atoms with E-state index in [4.69, 9.17) is 4.42 Å². The molecule has 0 saturated carbocycles. The molecule has 2 aromatic rings. The highest BCUT2D eigenvalue weighted by Gasteiger charge is 2.12. The molecule has 2 rings (SSSR count). The van der Waals surface area contributed by atoms with Crippen molar-refractivity contribution in [3.63, 3.8) is 0 Å². The summed E-state index contributed by atoms with van der Waals surface area (Å²) in [7, 11) is 0. The van der Waals surface area contributed by atoms with E-state index in [1.807, 2.05) is 0 Å². The smallest absolute Gasteiger partial charge is 0.291 e. The molecular formula is C14H9BrNO4-. The van der Waals surface area contributed by atoms with Crippen LogP contribution in [0.15, 0.2) is 57.2 Å². The van der Waals surface area contributed by atoms with Gasteiger partial charge < -0.3 is 19.6 Å². The van der Waals surface area contributed by atoms with E-state index in [0.717, 1.165) is 0 Å². The largest absolute Gasteiger partial charge is 0.543 e. The molecule has 0 unspecified atom stereocenters. The molecule has 5 nitrogen and oxygen atoms in total. The van der Waals surface area contributed by atoms with Gasteiger partial charge in [-0.05, 0) is 39.7 Å². The minimum atomic E-state index is -1.48. The molecule has 0 aliphatic carbocycles. The van der Waals surface area contributed by atoms with Gasteiger partial charge in [-0.2, -0.15) is 0 Å². The van der Waals surface area contributed by atoms with Crippen LogP contribution in [0.4, 0.5) is 0 Å². The van der Waals surface area contributed by atoms with Gasteiger partial charge in [0.1, 0.15) is 0 Å². The first-order valence-electron chi connectivity index (χ1n) is 5.61. The lowest BCUT2D eigenvalue weighted by Crippen LogP contribution is -2.35. The standard InChI is InChI=1S/C14H10BrNO4/c15-12-7-6-11(20-12)13(17)16-10(14(18)19)8-9-4-2-1-3-5-9/h1-8H,(H,16,17)(H,18,19)/p-1/b10-8-. The normalized spacial score (nSPS) is 11.2. The lowest BCUT2D eigenvalue weighted by molar-refractivity contribution is -0.299. The average Bonchev–Trinajstić information content (AvgIpc) is 2.86. The van der Waals surface area contributed by atoms with Crippen molar-refractivity contribution >= 4 is 33.9 Å². The van der Waals surface area contributed by atoms with E-state index in [9.17, 15) is 14.7 Å². The van der Waals surface area contributed by atoms with Crippen molar-refractivity contribution < 1.29 is 19.1 Å². The molecule has 0 spiro atoms. The van der Waals surface area contributed by atoms with E-state index < -0.39 is 11.9 Å². The van der Waals surface area contributed by atoms with Crippen molar-refractivity contribution in [3.8, 4) is 0 Å². The molecule has 0 aliphatic rings. The highest BCUT2D eigenvalue weighted by molar-refractivity contribution is 9.10. The van der Waals surface area contributed by atoms with Crippen LogP contribution < -0.4 is 10.4 Å². The van der Waals surface area contributed by atoms with Gasteiger partial charge in [-0.15, -0.1) is 0 Å². The molecular weight excluding hydrogens is 326 g/mol. The van der Waals surface area contributed by atoms with Gasteiger partial charge >= 0.3 is 0 Å². The van der Waals surface area contributed by atoms with Gasteiger partial charge in [0.25, 0.3) is 5.91 Å². The number of carbonyl (C=O) groups is 2. The van der Waals surface area contributed by atoms with Crippen LogP contribution in [0.5, 0.6) is 0 Å². The molecule has 0 atom stereocenters. The number of nitrogens with one attached hydrogen (secondary N) is 1. The molecule has 1 aromatic heterocycles. The van der Waals surface area contributed by atoms with Crippen molar-refractivity contribution in [2.24, 2.45) is 0 Å². The summed E-state index contributed by atoms with van der Waals surface area (Å²) in [6, 6.07) is 11.7. The number of hydrogen-bond donors (Lipinski definition) is 1. The van der Waals surface area contributed by atoms with Crippen molar-refractivity contribution in [3.05, 3.63) is 64.2 Å². The number of benzene rings is 1. The maximum Gasteiger partial charge on any atom is 0.291 e. The number of hydrogen-bond acceptors (Lipinski definition) is 4. The average molecular weight is 335 g/mol. The Morgan fingerprint density at radius 3 is 2.40 bits per heavy atom. The number of carboxylic acid groups (broad SMARTS) is 1. The number of carbonyl (C=O) groups excluding carboxylic acids is 2. The number of furan rings is 1. The maximum absolute atomic E-state index is 11.8. The molecule has 1 N–H and O–H groups in total. The van der Waals surface area contributed by atoms with Gasteiger partial charge in [0.05, 0.1) is 11.7 Å². The van der Waals surface area contributed by atoms with Crippen LogP contribution in [0.1, 0.15) is 16.1 Å². The maximum atomic E-state index is 11.8. The number of amides is 1. The van der Waals surface area contributed by atoms with Crippen LogP contribution in [0.25, 0.3) is 6.08 Å². The zero-order chi connectivity index (χ0) is 14.5. The van der Waals surface area contributed by atoms with E-state index in [2.05, 4.69) is 21.2 Å². The van der Waals surface area contributed by atoms with Gasteiger partial charge in [0.15, 0.2) is 10.4 Å². The van der Waals surface area contributed by atoms with Crippen LogP contribution in [-0.4, -0.2) is 11.9 Å². The predicted molar refractivity (Wildman–Crippen MR) is 73.3 cm³/mol. The van der Waals surface area contributed by atoms with Crippen LogP contribution in [-0.2, 0) is 4.79 Å². The van der Waals surface area contributed by atoms with Crippen molar-refractivity contribution in [2.75, 3.05) is 0 Å². The SMILES string of the molecule is O=C([O-])/C(=C/c1ccccc1)NC(=O)c1ccc(Br)o1. The first-order chi connectivity index (χ1) is 9.56. The topological polar surface area (TPSA) is 82.4 Å². The summed E-state index contributed by atoms with van der Waals surface area (Å²) in [6.07, 6.45) is 1.31. The molecule has 0 fully saturated rings. The van der Waals surface area contributed by atoms with Crippen LogP contribution in [0, 0.1) is 0 Å². The van der Waals surface area contributed by atoms with E-state index >= 15 is 0 Å². The van der Waals surface area contributed by atoms with Gasteiger partial charge in [0.2, 0.25) is 0 Å². The fraction of sp³-hybridized carbons (Fsp3) is 0. The second kappa shape index (κ2) is 6.21. The minimum absolute atomic E-state index is 0.00270. The lowest BCUT2D eigenvalue weighted by Gasteiger charge is -2.09. The monoisotopic (exact) mass is 334 g/mol. The Morgan fingerprint density at radius 2 is 1.85 bits per heavy atom. The number of rotatable bonds is 4. The summed E-state index contributed by atoms with van der Waals surface area (Å²) in [4.78, 5) is 22.8. The summed E-state index contributed by atoms with van der Waals surface area (Å²) in [5.41, 5.74) is 0.293. The Bertz CT molecular complexity index is 661. The number of halogens is 1. The molecule has 1 amide bonds. The Balaban J connectivity index is 2.20. The molecule has 0 bridgehead atoms. The third-order valence-electron chi connectivity index (χ3n) is 2.38. The number of carboxylic acids is 1. The van der Waals surface area contributed by atoms with Gasteiger partial charge in [-0.3, -0.25) is 4.79 Å². The zero-order valence-electron chi connectivity index (χ0n) is 10.1. The van der Waals surface area contributed by atoms with E-state index in [0.29, 0.717) is 10.2 Å². The quantitative estimate of drug-likeness (QED) is 0.860. The third kappa shape index (κ3) is 3.58. The van der Waals surface area contributed by atoms with E-state index in [1.54, 1.807) is 30.3 Å². The first-order valence-corrected chi connectivity index (χ1v) is 6.40. The molecule has 1 heterocycles. The molecule has 6 heteroatoms. The first kappa shape index (κ1) is 14.1. The molecule has 1 aromatic carbocycles. The Labute approximate surface area is 123 Å². The molecule has 0 radical (unpaired) electrons. The Hall–Kier alpha value is -2.34. The number of aliphatic carboxylic acids is 1. The zero-order valence-corrected chi connectivity index (χ0v) is 11.7. The fourth-order valence-electron chi connectivity index (χ4n) is 1.48. The van der Waals surface area contributed by atoms with Crippen molar-refractivity contribution in [1.82, 2.24) is 5.32 Å². The van der Waals surface area contributed by atoms with Crippen LogP contribution >= 0.6 is 15.9 Å². The lowest BCUT2D eigenvalue weighted by atomic mass is 10.2. The molecule has 20 heavy (non-hydrogen) atoms. The summed E-state index contributed by atoms with van der Waals surface area (Å²) in [5.74, 6) is -2.15. The minimum Gasteiger partial charge on any atom is -0.543 e. The Kier molecular flexibility index (Phi) is 4.37. The van der Waals surface area contributed by atoms with E-state index in [-0.39, 0.29) is 11.5 Å². The van der Waals surface area contributed by atoms with Gasteiger partial charge in [-0.1, -0.05) is 30.3 Å². The summed E-state index contributed by atoms with van der Waals surface area (Å²) in [6.45, 7) is 0. The molecule has 0 aliphatic heterocycles. The van der Waals surface area contributed by atoms with Crippen LogP contribution in [0.2, 0.25) is 0 Å². The highest BCUT2D eigenvalue weighted by Crippen LogP contribution is 2.14. The van der Waals surface area contributed by atoms with Crippen molar-refractivity contribution in [2.45, 2.75) is 0 Å². The van der Waals surface area contributed by atoms with Gasteiger partial charge in [-0.25, -0.2) is 0 Å². The van der Waals surface area contributed by atoms with Crippen LogP contribution in [0.3, 0.4) is 0 Å². The Morgan fingerprint density at radius 1 is 1.15 bits per heavy atom. The fourth-order valence-corrected chi connectivity index (χ4v) is 1.79. The molecule has 102 valence electrons. The second-order valence-electron chi connectivity index (χ2n) is 3.81.